The van der Waals surface area contributed by atoms with Gasteiger partial charge in [0.15, 0.2) is 0 Å². The molecule has 0 aliphatic carbocycles. The van der Waals surface area contributed by atoms with Crippen LogP contribution in [0.1, 0.15) is 36.5 Å². The van der Waals surface area contributed by atoms with E-state index in [1.165, 1.54) is 20.0 Å². The Morgan fingerprint density at radius 2 is 2.40 bits per heavy atom. The smallest absolute Gasteiger partial charge is 0.340 e. The Labute approximate surface area is 124 Å². The van der Waals surface area contributed by atoms with Crippen LogP contribution in [0.25, 0.3) is 0 Å². The van der Waals surface area contributed by atoms with E-state index in [-0.39, 0.29) is 12.0 Å². The first kappa shape index (κ1) is 15.1. The Balaban J connectivity index is 2.05. The standard InChI is InChI=1S/C15H21ClN2O2/c1-10(8-12-4-3-7-17-12)18-14-6-5-11(16)9-13(14)15(19)20-2/h5-6,9-10,12,17-18H,3-4,7-8H2,1-2H3. The molecule has 4 nitrogen and oxygen atoms in total. The summed E-state index contributed by atoms with van der Waals surface area (Å²) in [5.74, 6) is -0.374. The van der Waals surface area contributed by atoms with E-state index < -0.39 is 0 Å². The zero-order valence-electron chi connectivity index (χ0n) is 11.9. The van der Waals surface area contributed by atoms with Gasteiger partial charge in [-0.2, -0.15) is 0 Å². The van der Waals surface area contributed by atoms with Gasteiger partial charge < -0.3 is 15.4 Å². The second-order valence-corrected chi connectivity index (χ2v) is 5.69. The summed E-state index contributed by atoms with van der Waals surface area (Å²) < 4.78 is 4.80. The minimum absolute atomic E-state index is 0.273. The van der Waals surface area contributed by atoms with Gasteiger partial charge in [-0.15, -0.1) is 0 Å². The van der Waals surface area contributed by atoms with Gasteiger partial charge in [0.25, 0.3) is 0 Å². The van der Waals surface area contributed by atoms with Crippen LogP contribution in [0.5, 0.6) is 0 Å². The van der Waals surface area contributed by atoms with E-state index in [0.29, 0.717) is 16.6 Å². The summed E-state index contributed by atoms with van der Waals surface area (Å²) in [7, 11) is 1.37. The van der Waals surface area contributed by atoms with Crippen LogP contribution in [0.15, 0.2) is 18.2 Å². The van der Waals surface area contributed by atoms with Crippen LogP contribution in [-0.2, 0) is 4.74 Å². The van der Waals surface area contributed by atoms with Crippen LogP contribution in [0, 0.1) is 0 Å². The van der Waals surface area contributed by atoms with Crippen molar-refractivity contribution in [1.82, 2.24) is 5.32 Å². The van der Waals surface area contributed by atoms with Crippen molar-refractivity contribution in [2.24, 2.45) is 0 Å². The Bertz CT molecular complexity index is 473. The number of hydrogen-bond donors (Lipinski definition) is 2. The van der Waals surface area contributed by atoms with Gasteiger partial charge in [-0.05, 0) is 50.9 Å². The largest absolute Gasteiger partial charge is 0.465 e. The average molecular weight is 297 g/mol. The van der Waals surface area contributed by atoms with Gasteiger partial charge in [-0.1, -0.05) is 11.6 Å². The Morgan fingerprint density at radius 1 is 1.60 bits per heavy atom. The number of carbonyl (C=O) groups is 1. The Morgan fingerprint density at radius 3 is 3.05 bits per heavy atom. The van der Waals surface area contributed by atoms with Crippen molar-refractivity contribution in [1.29, 1.82) is 0 Å². The molecule has 2 N–H and O–H groups in total. The van der Waals surface area contributed by atoms with E-state index in [0.717, 1.165) is 18.7 Å². The average Bonchev–Trinajstić information content (AvgIpc) is 2.92. The van der Waals surface area contributed by atoms with Crippen molar-refractivity contribution in [2.45, 2.75) is 38.3 Å². The fourth-order valence-electron chi connectivity index (χ4n) is 2.63. The third-order valence-electron chi connectivity index (χ3n) is 3.59. The maximum Gasteiger partial charge on any atom is 0.340 e. The van der Waals surface area contributed by atoms with Crippen LogP contribution in [0.3, 0.4) is 0 Å². The number of benzene rings is 1. The van der Waals surface area contributed by atoms with Gasteiger partial charge in [0.2, 0.25) is 0 Å². The summed E-state index contributed by atoms with van der Waals surface area (Å²) in [5.41, 5.74) is 1.25. The number of hydrogen-bond acceptors (Lipinski definition) is 4. The summed E-state index contributed by atoms with van der Waals surface area (Å²) in [6.07, 6.45) is 3.49. The number of carbonyl (C=O) groups excluding carboxylic acids is 1. The van der Waals surface area contributed by atoms with Crippen molar-refractivity contribution >= 4 is 23.3 Å². The predicted molar refractivity (Wildman–Crippen MR) is 81.5 cm³/mol. The van der Waals surface area contributed by atoms with Crippen molar-refractivity contribution in [3.8, 4) is 0 Å². The molecule has 0 radical (unpaired) electrons. The lowest BCUT2D eigenvalue weighted by Crippen LogP contribution is -2.29. The number of rotatable bonds is 5. The molecule has 1 saturated heterocycles. The summed E-state index contributed by atoms with van der Waals surface area (Å²) >= 11 is 5.95. The molecule has 1 fully saturated rings. The third-order valence-corrected chi connectivity index (χ3v) is 3.82. The van der Waals surface area contributed by atoms with E-state index >= 15 is 0 Å². The molecule has 1 aromatic carbocycles. The molecule has 0 spiro atoms. The molecule has 110 valence electrons. The van der Waals surface area contributed by atoms with E-state index in [1.807, 2.05) is 6.07 Å². The highest BCUT2D eigenvalue weighted by atomic mass is 35.5. The maximum absolute atomic E-state index is 11.8. The molecular formula is C15H21ClN2O2. The molecule has 1 heterocycles. The molecule has 20 heavy (non-hydrogen) atoms. The first-order valence-electron chi connectivity index (χ1n) is 6.98. The number of ether oxygens (including phenoxy) is 1. The van der Waals surface area contributed by atoms with Crippen LogP contribution >= 0.6 is 11.6 Å². The molecule has 5 heteroatoms. The van der Waals surface area contributed by atoms with Gasteiger partial charge in [0, 0.05) is 22.8 Å². The number of nitrogens with one attached hydrogen (secondary N) is 2. The lowest BCUT2D eigenvalue weighted by Gasteiger charge is -2.20. The summed E-state index contributed by atoms with van der Waals surface area (Å²) in [6, 6.07) is 6.07. The van der Waals surface area contributed by atoms with Gasteiger partial charge in [-0.25, -0.2) is 4.79 Å². The van der Waals surface area contributed by atoms with Crippen LogP contribution in [-0.4, -0.2) is 31.7 Å². The minimum Gasteiger partial charge on any atom is -0.465 e. The Kier molecular flexibility index (Phi) is 5.26. The van der Waals surface area contributed by atoms with Crippen LogP contribution in [0.2, 0.25) is 5.02 Å². The van der Waals surface area contributed by atoms with E-state index in [1.54, 1.807) is 12.1 Å². The van der Waals surface area contributed by atoms with E-state index in [2.05, 4.69) is 17.6 Å². The van der Waals surface area contributed by atoms with Crippen molar-refractivity contribution in [3.05, 3.63) is 28.8 Å². The van der Waals surface area contributed by atoms with Gasteiger partial charge in [0.05, 0.1) is 12.7 Å². The molecule has 2 rings (SSSR count). The first-order valence-corrected chi connectivity index (χ1v) is 7.35. The molecule has 2 atom stereocenters. The number of methoxy groups -OCH3 is 1. The van der Waals surface area contributed by atoms with Crippen molar-refractivity contribution in [3.63, 3.8) is 0 Å². The van der Waals surface area contributed by atoms with Crippen molar-refractivity contribution in [2.75, 3.05) is 19.0 Å². The zero-order chi connectivity index (χ0) is 14.5. The monoisotopic (exact) mass is 296 g/mol. The molecule has 0 bridgehead atoms. The van der Waals surface area contributed by atoms with Gasteiger partial charge >= 0.3 is 5.97 Å². The molecule has 1 aliphatic heterocycles. The second-order valence-electron chi connectivity index (χ2n) is 5.26. The van der Waals surface area contributed by atoms with Crippen LogP contribution < -0.4 is 10.6 Å². The van der Waals surface area contributed by atoms with E-state index in [9.17, 15) is 4.79 Å². The zero-order valence-corrected chi connectivity index (χ0v) is 12.7. The fraction of sp³-hybridized carbons (Fsp3) is 0.533. The van der Waals surface area contributed by atoms with Crippen LogP contribution in [0.4, 0.5) is 5.69 Å². The molecule has 0 aromatic heterocycles. The lowest BCUT2D eigenvalue weighted by molar-refractivity contribution is 0.0602. The number of anilines is 1. The molecular weight excluding hydrogens is 276 g/mol. The molecule has 1 aliphatic rings. The number of esters is 1. The second kappa shape index (κ2) is 6.95. The fourth-order valence-corrected chi connectivity index (χ4v) is 2.80. The predicted octanol–water partition coefficient (Wildman–Crippen LogP) is 3.07. The highest BCUT2D eigenvalue weighted by Gasteiger charge is 2.19. The molecule has 2 unspecified atom stereocenters. The third kappa shape index (κ3) is 3.87. The quantitative estimate of drug-likeness (QED) is 0.820. The molecule has 0 saturated carbocycles. The van der Waals surface area contributed by atoms with Crippen molar-refractivity contribution < 1.29 is 9.53 Å². The topological polar surface area (TPSA) is 50.4 Å². The molecule has 1 aromatic rings. The number of halogens is 1. The summed E-state index contributed by atoms with van der Waals surface area (Å²) in [5, 5.41) is 7.39. The first-order chi connectivity index (χ1) is 9.60. The lowest BCUT2D eigenvalue weighted by atomic mass is 10.1. The molecule has 0 amide bonds. The summed E-state index contributed by atoms with van der Waals surface area (Å²) in [4.78, 5) is 11.8. The Hall–Kier alpha value is -1.26. The minimum atomic E-state index is -0.374. The van der Waals surface area contributed by atoms with Gasteiger partial charge in [-0.3, -0.25) is 0 Å². The van der Waals surface area contributed by atoms with Gasteiger partial charge in [0.1, 0.15) is 0 Å². The SMILES string of the molecule is COC(=O)c1cc(Cl)ccc1NC(C)CC1CCCN1. The highest BCUT2D eigenvalue weighted by Crippen LogP contribution is 2.23. The summed E-state index contributed by atoms with van der Waals surface area (Å²) in [6.45, 7) is 3.22. The van der Waals surface area contributed by atoms with E-state index in [4.69, 9.17) is 16.3 Å². The normalized spacial score (nSPS) is 19.6. The highest BCUT2D eigenvalue weighted by molar-refractivity contribution is 6.31. The maximum atomic E-state index is 11.8.